The molecule has 2 N–H and O–H groups in total. The number of unbranched alkanes of at least 4 members (excludes halogenated alkanes) is 3. The van der Waals surface area contributed by atoms with E-state index in [0.29, 0.717) is 6.10 Å². The van der Waals surface area contributed by atoms with Gasteiger partial charge >= 0.3 is 0 Å². The Kier molecular flexibility index (Phi) is 11.0. The van der Waals surface area contributed by atoms with E-state index >= 15 is 0 Å². The number of piperidine rings is 1. The summed E-state index contributed by atoms with van der Waals surface area (Å²) in [6, 6.07) is 10.1. The van der Waals surface area contributed by atoms with Crippen LogP contribution >= 0.6 is 0 Å². The molecule has 1 heterocycles. The summed E-state index contributed by atoms with van der Waals surface area (Å²) in [5.74, 6) is 1.07. The van der Waals surface area contributed by atoms with Gasteiger partial charge in [-0.05, 0) is 44.5 Å². The highest BCUT2D eigenvalue weighted by atomic mass is 16.5. The molecule has 1 aromatic carbocycles. The Bertz CT molecular complexity index is 403. The molecule has 1 saturated heterocycles. The summed E-state index contributed by atoms with van der Waals surface area (Å²) in [5.41, 5.74) is 0. The molecule has 1 aromatic rings. The third kappa shape index (κ3) is 10.7. The van der Waals surface area contributed by atoms with E-state index < -0.39 is 0 Å². The van der Waals surface area contributed by atoms with Gasteiger partial charge in [0.2, 0.25) is 5.91 Å². The van der Waals surface area contributed by atoms with Crippen molar-refractivity contribution in [2.75, 3.05) is 19.6 Å². The summed E-state index contributed by atoms with van der Waals surface area (Å²) < 4.78 is 5.82. The maximum atomic E-state index is 10.4. The van der Waals surface area contributed by atoms with E-state index in [1.54, 1.807) is 6.92 Å². The van der Waals surface area contributed by atoms with Crippen molar-refractivity contribution >= 4 is 5.91 Å². The van der Waals surface area contributed by atoms with Crippen LogP contribution < -0.4 is 15.4 Å². The molecule has 4 nitrogen and oxygen atoms in total. The Morgan fingerprint density at radius 3 is 2.48 bits per heavy atom. The van der Waals surface area contributed by atoms with Crippen LogP contribution in [0.4, 0.5) is 0 Å². The molecule has 0 saturated carbocycles. The number of carbonyl (C=O) groups excluding carboxylic acids is 1. The monoisotopic (exact) mass is 320 g/mol. The van der Waals surface area contributed by atoms with Crippen LogP contribution in [-0.4, -0.2) is 31.6 Å². The minimum atomic E-state index is 0.0801. The van der Waals surface area contributed by atoms with Crippen LogP contribution in [0.3, 0.4) is 0 Å². The van der Waals surface area contributed by atoms with E-state index in [0.717, 1.165) is 44.6 Å². The fourth-order valence-corrected chi connectivity index (χ4v) is 2.42. The van der Waals surface area contributed by atoms with E-state index in [1.165, 1.54) is 19.3 Å². The van der Waals surface area contributed by atoms with Crippen LogP contribution in [0.1, 0.15) is 52.4 Å². The van der Waals surface area contributed by atoms with Gasteiger partial charge in [0.15, 0.2) is 0 Å². The van der Waals surface area contributed by atoms with Crippen LogP contribution in [0.15, 0.2) is 30.3 Å². The molecule has 130 valence electrons. The van der Waals surface area contributed by atoms with E-state index in [2.05, 4.69) is 17.6 Å². The van der Waals surface area contributed by atoms with Crippen LogP contribution in [0.2, 0.25) is 0 Å². The Hall–Kier alpha value is -1.55. The molecule has 2 rings (SSSR count). The number of benzene rings is 1. The maximum absolute atomic E-state index is 10.4. The minimum absolute atomic E-state index is 0.0801. The lowest BCUT2D eigenvalue weighted by atomic mass is 10.1. The number of para-hydroxylation sites is 1. The molecule has 1 aliphatic heterocycles. The van der Waals surface area contributed by atoms with Crippen molar-refractivity contribution in [1.29, 1.82) is 0 Å². The van der Waals surface area contributed by atoms with Crippen molar-refractivity contribution in [2.24, 2.45) is 0 Å². The van der Waals surface area contributed by atoms with E-state index in [1.807, 2.05) is 30.3 Å². The van der Waals surface area contributed by atoms with Gasteiger partial charge in [-0.3, -0.25) is 4.79 Å². The fraction of sp³-hybridized carbons (Fsp3) is 0.632. The quantitative estimate of drug-likeness (QED) is 0.756. The van der Waals surface area contributed by atoms with Gasteiger partial charge in [-0.15, -0.1) is 0 Å². The summed E-state index contributed by atoms with van der Waals surface area (Å²) in [5, 5.41) is 6.09. The van der Waals surface area contributed by atoms with Gasteiger partial charge < -0.3 is 15.4 Å². The minimum Gasteiger partial charge on any atom is -0.490 e. The van der Waals surface area contributed by atoms with Gasteiger partial charge in [0.25, 0.3) is 0 Å². The Balaban J connectivity index is 0.000000241. The normalized spacial score (nSPS) is 14.5. The number of rotatable bonds is 7. The predicted octanol–water partition coefficient (Wildman–Crippen LogP) is 3.52. The number of nitrogens with one attached hydrogen (secondary N) is 2. The molecule has 0 unspecified atom stereocenters. The van der Waals surface area contributed by atoms with Crippen molar-refractivity contribution in [3.8, 4) is 5.75 Å². The first-order valence-electron chi connectivity index (χ1n) is 8.89. The van der Waals surface area contributed by atoms with E-state index in [9.17, 15) is 4.79 Å². The second-order valence-corrected chi connectivity index (χ2v) is 5.92. The lowest BCUT2D eigenvalue weighted by molar-refractivity contribution is -0.118. The smallest absolute Gasteiger partial charge is 0.216 e. The molecule has 1 fully saturated rings. The molecule has 0 spiro atoms. The largest absolute Gasteiger partial charge is 0.490 e. The number of hydrogen-bond acceptors (Lipinski definition) is 3. The van der Waals surface area contributed by atoms with Gasteiger partial charge in [-0.25, -0.2) is 0 Å². The Labute approximate surface area is 141 Å². The summed E-state index contributed by atoms with van der Waals surface area (Å²) >= 11 is 0. The highest BCUT2D eigenvalue weighted by Crippen LogP contribution is 2.15. The first-order valence-corrected chi connectivity index (χ1v) is 8.89. The van der Waals surface area contributed by atoms with E-state index in [-0.39, 0.29) is 5.91 Å². The molecule has 0 atom stereocenters. The zero-order valence-electron chi connectivity index (χ0n) is 14.6. The second kappa shape index (κ2) is 12.9. The molecule has 1 aliphatic rings. The van der Waals surface area contributed by atoms with E-state index in [4.69, 9.17) is 4.74 Å². The average molecular weight is 320 g/mol. The Morgan fingerprint density at radius 2 is 1.87 bits per heavy atom. The molecule has 1 amide bonds. The number of carbonyl (C=O) groups is 1. The number of hydrogen-bond donors (Lipinski definition) is 2. The molecule has 0 radical (unpaired) electrons. The molecule has 0 bridgehead atoms. The Morgan fingerprint density at radius 1 is 1.17 bits per heavy atom. The van der Waals surface area contributed by atoms with Gasteiger partial charge in [0, 0.05) is 13.5 Å². The number of ether oxygens (including phenoxy) is 1. The van der Waals surface area contributed by atoms with Crippen LogP contribution in [0, 0.1) is 0 Å². The standard InChI is InChI=1S/C11H15NO.C8H17NO/c1-2-4-10(5-3-1)13-11-6-8-12-9-7-11;1-3-4-5-6-7-9-8(2)10/h1-5,11-12H,6-9H2;3-7H2,1-2H3,(H,9,10). The molecule has 4 heteroatoms. The number of amides is 1. The fourth-order valence-electron chi connectivity index (χ4n) is 2.42. The van der Waals surface area contributed by atoms with Crippen molar-refractivity contribution in [1.82, 2.24) is 10.6 Å². The third-order valence-electron chi connectivity index (χ3n) is 3.74. The topological polar surface area (TPSA) is 50.4 Å². The maximum Gasteiger partial charge on any atom is 0.216 e. The summed E-state index contributed by atoms with van der Waals surface area (Å²) in [6.07, 6.45) is 7.52. The lowest BCUT2D eigenvalue weighted by Gasteiger charge is -2.23. The average Bonchev–Trinajstić information content (AvgIpc) is 2.57. The summed E-state index contributed by atoms with van der Waals surface area (Å²) in [4.78, 5) is 10.4. The lowest BCUT2D eigenvalue weighted by Crippen LogP contribution is -2.34. The van der Waals surface area contributed by atoms with Crippen LogP contribution in [0.5, 0.6) is 5.75 Å². The molecule has 0 aliphatic carbocycles. The van der Waals surface area contributed by atoms with Crippen LogP contribution in [0.25, 0.3) is 0 Å². The van der Waals surface area contributed by atoms with Gasteiger partial charge in [0.05, 0.1) is 0 Å². The van der Waals surface area contributed by atoms with Crippen molar-refractivity contribution < 1.29 is 9.53 Å². The zero-order valence-corrected chi connectivity index (χ0v) is 14.6. The SMILES string of the molecule is CCCCCCNC(C)=O.c1ccc(OC2CCNCC2)cc1. The van der Waals surface area contributed by atoms with Crippen molar-refractivity contribution in [3.63, 3.8) is 0 Å². The van der Waals surface area contributed by atoms with Crippen LogP contribution in [-0.2, 0) is 4.79 Å². The second-order valence-electron chi connectivity index (χ2n) is 5.92. The van der Waals surface area contributed by atoms with Crippen molar-refractivity contribution in [2.45, 2.75) is 58.5 Å². The van der Waals surface area contributed by atoms with Crippen molar-refractivity contribution in [3.05, 3.63) is 30.3 Å². The zero-order chi connectivity index (χ0) is 16.8. The first kappa shape index (κ1) is 19.5. The summed E-state index contributed by atoms with van der Waals surface area (Å²) in [7, 11) is 0. The molecular formula is C19H32N2O2. The van der Waals surface area contributed by atoms with Gasteiger partial charge in [-0.2, -0.15) is 0 Å². The summed E-state index contributed by atoms with van der Waals surface area (Å²) in [6.45, 7) is 6.74. The molecule has 0 aromatic heterocycles. The third-order valence-corrected chi connectivity index (χ3v) is 3.74. The van der Waals surface area contributed by atoms with Gasteiger partial charge in [0.1, 0.15) is 11.9 Å². The van der Waals surface area contributed by atoms with Gasteiger partial charge in [-0.1, -0.05) is 44.4 Å². The highest BCUT2D eigenvalue weighted by Gasteiger charge is 2.13. The highest BCUT2D eigenvalue weighted by molar-refractivity contribution is 5.72. The first-order chi connectivity index (χ1) is 11.2. The molecular weight excluding hydrogens is 288 g/mol. The molecule has 23 heavy (non-hydrogen) atoms. The predicted molar refractivity (Wildman–Crippen MR) is 95.8 cm³/mol.